The number of thiazole rings is 1. The van der Waals surface area contributed by atoms with Gasteiger partial charge in [0.2, 0.25) is 0 Å². The Labute approximate surface area is 118 Å². The van der Waals surface area contributed by atoms with Crippen LogP contribution in [0, 0.1) is 6.92 Å². The van der Waals surface area contributed by atoms with Crippen molar-refractivity contribution < 1.29 is 9.53 Å². The van der Waals surface area contributed by atoms with Crippen LogP contribution < -0.4 is 5.32 Å². The molecule has 1 fully saturated rings. The van der Waals surface area contributed by atoms with Crippen LogP contribution in [0.3, 0.4) is 0 Å². The van der Waals surface area contributed by atoms with Gasteiger partial charge in [0, 0.05) is 17.6 Å². The van der Waals surface area contributed by atoms with Gasteiger partial charge in [-0.25, -0.2) is 9.78 Å². The lowest BCUT2D eigenvalue weighted by atomic mass is 10.0. The highest BCUT2D eigenvalue weighted by atomic mass is 32.1. The molecule has 19 heavy (non-hydrogen) atoms. The van der Waals surface area contributed by atoms with Gasteiger partial charge in [0.15, 0.2) is 0 Å². The zero-order valence-electron chi connectivity index (χ0n) is 11.7. The summed E-state index contributed by atoms with van der Waals surface area (Å²) in [6, 6.07) is -0.0194. The van der Waals surface area contributed by atoms with Crippen LogP contribution in [0.25, 0.3) is 0 Å². The first-order valence-electron chi connectivity index (χ1n) is 6.60. The van der Waals surface area contributed by atoms with Crippen molar-refractivity contribution in [3.8, 4) is 0 Å². The minimum atomic E-state index is -0.212. The molecule has 2 rings (SSSR count). The third kappa shape index (κ3) is 3.67. The number of nitrogens with one attached hydrogen (secondary N) is 1. The van der Waals surface area contributed by atoms with Crippen LogP contribution in [0.4, 0.5) is 4.79 Å². The van der Waals surface area contributed by atoms with Crippen molar-refractivity contribution in [1.82, 2.24) is 15.2 Å². The van der Waals surface area contributed by atoms with Crippen LogP contribution in [0.5, 0.6) is 0 Å². The summed E-state index contributed by atoms with van der Waals surface area (Å²) in [4.78, 5) is 19.2. The van der Waals surface area contributed by atoms with Crippen LogP contribution in [-0.2, 0) is 11.3 Å². The van der Waals surface area contributed by atoms with Crippen molar-refractivity contribution in [2.75, 3.05) is 19.7 Å². The Morgan fingerprint density at radius 2 is 2.47 bits per heavy atom. The topological polar surface area (TPSA) is 54.5 Å². The van der Waals surface area contributed by atoms with Crippen molar-refractivity contribution in [3.05, 3.63) is 16.1 Å². The normalized spacial score (nSPS) is 23.4. The van der Waals surface area contributed by atoms with E-state index < -0.39 is 0 Å². The van der Waals surface area contributed by atoms with Gasteiger partial charge >= 0.3 is 6.03 Å². The summed E-state index contributed by atoms with van der Waals surface area (Å²) >= 11 is 1.61. The smallest absolute Gasteiger partial charge is 0.317 e. The molecule has 2 heterocycles. The molecule has 1 saturated heterocycles. The Balaban J connectivity index is 1.86. The molecule has 1 N–H and O–H groups in total. The fourth-order valence-electron chi connectivity index (χ4n) is 2.08. The van der Waals surface area contributed by atoms with Gasteiger partial charge in [-0.3, -0.25) is 0 Å². The number of carbonyl (C=O) groups is 1. The fraction of sp³-hybridized carbons (Fsp3) is 0.692. The Hall–Kier alpha value is -1.14. The van der Waals surface area contributed by atoms with Crippen LogP contribution >= 0.6 is 11.3 Å². The maximum absolute atomic E-state index is 12.1. The summed E-state index contributed by atoms with van der Waals surface area (Å²) in [7, 11) is 0. The van der Waals surface area contributed by atoms with Crippen LogP contribution in [0.2, 0.25) is 0 Å². The molecule has 0 bridgehead atoms. The number of morpholine rings is 1. The van der Waals surface area contributed by atoms with E-state index in [0.29, 0.717) is 26.2 Å². The van der Waals surface area contributed by atoms with E-state index >= 15 is 0 Å². The van der Waals surface area contributed by atoms with Gasteiger partial charge in [-0.05, 0) is 20.3 Å². The molecule has 5 nitrogen and oxygen atoms in total. The van der Waals surface area contributed by atoms with E-state index in [1.165, 1.54) is 0 Å². The molecule has 0 aromatic carbocycles. The standard InChI is InChI=1S/C13H21N3O2S/c1-4-13(3)9-16(5-6-18-13)12(17)15-8-11-7-14-10(2)19-11/h7H,4-6,8-9H2,1-3H3,(H,15,17). The molecular formula is C13H21N3O2S. The Morgan fingerprint density at radius 1 is 1.68 bits per heavy atom. The first-order chi connectivity index (χ1) is 9.02. The van der Waals surface area contributed by atoms with Crippen LogP contribution in [0.1, 0.15) is 30.2 Å². The quantitative estimate of drug-likeness (QED) is 0.925. The minimum Gasteiger partial charge on any atom is -0.372 e. The van der Waals surface area contributed by atoms with E-state index in [9.17, 15) is 4.79 Å². The van der Waals surface area contributed by atoms with Gasteiger partial charge in [0.25, 0.3) is 0 Å². The van der Waals surface area contributed by atoms with Gasteiger partial charge in [-0.15, -0.1) is 11.3 Å². The number of amides is 2. The lowest BCUT2D eigenvalue weighted by molar-refractivity contribution is -0.0872. The fourth-order valence-corrected chi connectivity index (χ4v) is 2.81. The molecule has 0 radical (unpaired) electrons. The summed E-state index contributed by atoms with van der Waals surface area (Å²) in [5.41, 5.74) is -0.212. The van der Waals surface area contributed by atoms with Crippen molar-refractivity contribution >= 4 is 17.4 Å². The zero-order chi connectivity index (χ0) is 13.9. The highest BCUT2D eigenvalue weighted by molar-refractivity contribution is 7.11. The molecule has 2 amide bonds. The molecule has 0 spiro atoms. The maximum Gasteiger partial charge on any atom is 0.317 e. The average molecular weight is 283 g/mol. The van der Waals surface area contributed by atoms with Gasteiger partial charge < -0.3 is 15.0 Å². The minimum absolute atomic E-state index is 0.0194. The number of ether oxygens (including phenoxy) is 1. The number of nitrogens with zero attached hydrogens (tertiary/aromatic N) is 2. The molecule has 0 aliphatic carbocycles. The number of hydrogen-bond acceptors (Lipinski definition) is 4. The van der Waals surface area contributed by atoms with E-state index in [1.54, 1.807) is 11.3 Å². The number of hydrogen-bond donors (Lipinski definition) is 1. The highest BCUT2D eigenvalue weighted by Crippen LogP contribution is 2.21. The van der Waals surface area contributed by atoms with Gasteiger partial charge in [-0.2, -0.15) is 0 Å². The Morgan fingerprint density at radius 3 is 3.11 bits per heavy atom. The lowest BCUT2D eigenvalue weighted by Crippen LogP contribution is -2.54. The summed E-state index contributed by atoms with van der Waals surface area (Å²) in [6.07, 6.45) is 2.72. The van der Waals surface area contributed by atoms with Crippen molar-refractivity contribution in [1.29, 1.82) is 0 Å². The second-order valence-corrected chi connectivity index (χ2v) is 6.40. The highest BCUT2D eigenvalue weighted by Gasteiger charge is 2.32. The largest absolute Gasteiger partial charge is 0.372 e. The Bertz CT molecular complexity index is 449. The van der Waals surface area contributed by atoms with Gasteiger partial charge in [-0.1, -0.05) is 6.92 Å². The monoisotopic (exact) mass is 283 g/mol. The lowest BCUT2D eigenvalue weighted by Gasteiger charge is -2.39. The van der Waals surface area contributed by atoms with E-state index in [4.69, 9.17) is 4.74 Å². The molecular weight excluding hydrogens is 262 g/mol. The number of aryl methyl sites for hydroxylation is 1. The second kappa shape index (κ2) is 5.88. The number of aromatic nitrogens is 1. The number of carbonyl (C=O) groups excluding carboxylic acids is 1. The summed E-state index contributed by atoms with van der Waals surface area (Å²) in [6.45, 7) is 8.56. The maximum atomic E-state index is 12.1. The zero-order valence-corrected chi connectivity index (χ0v) is 12.5. The molecule has 106 valence electrons. The average Bonchev–Trinajstić information content (AvgIpc) is 2.82. The van der Waals surface area contributed by atoms with Gasteiger partial charge in [0.1, 0.15) is 0 Å². The van der Waals surface area contributed by atoms with E-state index in [0.717, 1.165) is 16.3 Å². The first kappa shape index (κ1) is 14.3. The summed E-state index contributed by atoms with van der Waals surface area (Å²) in [5, 5.41) is 3.97. The molecule has 1 aliphatic heterocycles. The third-order valence-corrected chi connectivity index (χ3v) is 4.37. The molecule has 1 aromatic rings. The SMILES string of the molecule is CCC1(C)CN(C(=O)NCc2cnc(C)s2)CCO1. The molecule has 0 saturated carbocycles. The van der Waals surface area contributed by atoms with Crippen LogP contribution in [-0.4, -0.2) is 41.2 Å². The van der Waals surface area contributed by atoms with Crippen molar-refractivity contribution in [2.45, 2.75) is 39.3 Å². The second-order valence-electron chi connectivity index (χ2n) is 5.08. The molecule has 6 heteroatoms. The Kier molecular flexibility index (Phi) is 4.42. The van der Waals surface area contributed by atoms with E-state index in [1.807, 2.05) is 18.0 Å². The predicted octanol–water partition coefficient (Wildman–Crippen LogP) is 2.16. The third-order valence-electron chi connectivity index (χ3n) is 3.46. The molecule has 1 aromatic heterocycles. The van der Waals surface area contributed by atoms with Crippen molar-refractivity contribution in [2.24, 2.45) is 0 Å². The summed E-state index contributed by atoms with van der Waals surface area (Å²) in [5.74, 6) is 0. The van der Waals surface area contributed by atoms with Crippen LogP contribution in [0.15, 0.2) is 6.20 Å². The molecule has 1 atom stereocenters. The summed E-state index contributed by atoms with van der Waals surface area (Å²) < 4.78 is 5.73. The van der Waals surface area contributed by atoms with E-state index in [-0.39, 0.29) is 11.6 Å². The van der Waals surface area contributed by atoms with Gasteiger partial charge in [0.05, 0.1) is 30.3 Å². The number of urea groups is 1. The number of rotatable bonds is 3. The molecule has 1 aliphatic rings. The molecule has 1 unspecified atom stereocenters. The van der Waals surface area contributed by atoms with E-state index in [2.05, 4.69) is 24.1 Å². The first-order valence-corrected chi connectivity index (χ1v) is 7.42. The van der Waals surface area contributed by atoms with Crippen molar-refractivity contribution in [3.63, 3.8) is 0 Å². The predicted molar refractivity (Wildman–Crippen MR) is 75.3 cm³/mol.